The van der Waals surface area contributed by atoms with Gasteiger partial charge in [-0.25, -0.2) is 4.79 Å². The molecular weight excluding hydrogens is 230 g/mol. The second-order valence-corrected chi connectivity index (χ2v) is 4.12. The van der Waals surface area contributed by atoms with E-state index in [0.29, 0.717) is 18.4 Å². The van der Waals surface area contributed by atoms with E-state index in [1.54, 1.807) is 24.3 Å². The fourth-order valence-corrected chi connectivity index (χ4v) is 1.77. The number of hydrogen-bond donors (Lipinski definition) is 2. The van der Waals surface area contributed by atoms with Gasteiger partial charge in [-0.1, -0.05) is 26.0 Å². The summed E-state index contributed by atoms with van der Waals surface area (Å²) in [7, 11) is 0. The molecule has 0 saturated heterocycles. The molecule has 0 aliphatic carbocycles. The van der Waals surface area contributed by atoms with Crippen molar-refractivity contribution in [3.05, 3.63) is 29.8 Å². The predicted octanol–water partition coefficient (Wildman–Crippen LogP) is 2.54. The average Bonchev–Trinajstić information content (AvgIpc) is 2.39. The Morgan fingerprint density at radius 2 is 2.00 bits per heavy atom. The van der Waals surface area contributed by atoms with Crippen LogP contribution in [0.3, 0.4) is 0 Å². The lowest BCUT2D eigenvalue weighted by Gasteiger charge is -2.15. The first kappa shape index (κ1) is 14.5. The third kappa shape index (κ3) is 4.37. The van der Waals surface area contributed by atoms with Gasteiger partial charge in [0.15, 0.2) is 0 Å². The first-order chi connectivity index (χ1) is 8.69. The molecule has 1 aromatic rings. The average molecular weight is 251 g/mol. The number of carbonyl (C=O) groups is 1. The number of ether oxygens (including phenoxy) is 1. The third-order valence-corrected chi connectivity index (χ3v) is 2.90. The highest BCUT2D eigenvalue weighted by Gasteiger charge is 2.09. The second kappa shape index (κ2) is 7.71. The van der Waals surface area contributed by atoms with E-state index in [2.05, 4.69) is 19.2 Å². The Labute approximate surface area is 108 Å². The second-order valence-electron chi connectivity index (χ2n) is 4.12. The number of rotatable bonds is 8. The number of carboxylic acid groups (broad SMARTS) is 1. The molecule has 0 atom stereocenters. The van der Waals surface area contributed by atoms with Crippen LogP contribution in [0.15, 0.2) is 24.3 Å². The zero-order valence-electron chi connectivity index (χ0n) is 11.0. The Hall–Kier alpha value is -1.55. The number of hydrogen-bond acceptors (Lipinski definition) is 3. The molecule has 2 N–H and O–H groups in total. The summed E-state index contributed by atoms with van der Waals surface area (Å²) in [5.41, 5.74) is 0.208. The van der Waals surface area contributed by atoms with Crippen molar-refractivity contribution >= 4 is 5.97 Å². The van der Waals surface area contributed by atoms with Gasteiger partial charge in [0.05, 0.1) is 0 Å². The van der Waals surface area contributed by atoms with Gasteiger partial charge in [-0.3, -0.25) is 0 Å². The van der Waals surface area contributed by atoms with Crippen LogP contribution in [0.2, 0.25) is 0 Å². The van der Waals surface area contributed by atoms with Gasteiger partial charge >= 0.3 is 5.97 Å². The Bertz CT molecular complexity index is 375. The normalized spacial score (nSPS) is 10.6. The van der Waals surface area contributed by atoms with Crippen molar-refractivity contribution in [3.63, 3.8) is 0 Å². The van der Waals surface area contributed by atoms with E-state index in [0.717, 1.165) is 19.4 Å². The maximum absolute atomic E-state index is 11.0. The van der Waals surface area contributed by atoms with Crippen LogP contribution in [0.1, 0.15) is 37.0 Å². The quantitative estimate of drug-likeness (QED) is 0.697. The molecule has 0 fully saturated rings. The van der Waals surface area contributed by atoms with Crippen molar-refractivity contribution in [2.75, 3.05) is 13.2 Å². The van der Waals surface area contributed by atoms with Crippen molar-refractivity contribution < 1.29 is 14.6 Å². The van der Waals surface area contributed by atoms with E-state index in [1.165, 1.54) is 0 Å². The van der Waals surface area contributed by atoms with E-state index in [4.69, 9.17) is 9.84 Å². The Morgan fingerprint density at radius 1 is 1.33 bits per heavy atom. The van der Waals surface area contributed by atoms with Crippen molar-refractivity contribution in [1.82, 2.24) is 5.32 Å². The van der Waals surface area contributed by atoms with Crippen LogP contribution in [-0.2, 0) is 0 Å². The number of carboxylic acids is 1. The standard InChI is InChI=1S/C14H21NO3/c1-3-11(4-2)15-9-10-18-13-8-6-5-7-12(13)14(16)17/h5-8,11,15H,3-4,9-10H2,1-2H3,(H,16,17). The maximum atomic E-state index is 11.0. The summed E-state index contributed by atoms with van der Waals surface area (Å²) in [5, 5.41) is 12.4. The minimum absolute atomic E-state index is 0.208. The van der Waals surface area contributed by atoms with Crippen LogP contribution < -0.4 is 10.1 Å². The van der Waals surface area contributed by atoms with Gasteiger partial charge in [-0.15, -0.1) is 0 Å². The highest BCUT2D eigenvalue weighted by molar-refractivity contribution is 5.90. The summed E-state index contributed by atoms with van der Waals surface area (Å²) in [6.07, 6.45) is 2.17. The molecule has 0 radical (unpaired) electrons. The third-order valence-electron chi connectivity index (χ3n) is 2.90. The Morgan fingerprint density at radius 3 is 2.61 bits per heavy atom. The smallest absolute Gasteiger partial charge is 0.339 e. The molecule has 0 saturated carbocycles. The summed E-state index contributed by atoms with van der Waals surface area (Å²) in [5.74, 6) is -0.533. The van der Waals surface area contributed by atoms with Crippen molar-refractivity contribution in [3.8, 4) is 5.75 Å². The first-order valence-corrected chi connectivity index (χ1v) is 6.37. The van der Waals surface area contributed by atoms with Gasteiger partial charge in [0.1, 0.15) is 17.9 Å². The van der Waals surface area contributed by atoms with E-state index in [1.807, 2.05) is 0 Å². The van der Waals surface area contributed by atoms with Crippen LogP contribution >= 0.6 is 0 Å². The maximum Gasteiger partial charge on any atom is 0.339 e. The summed E-state index contributed by atoms with van der Waals surface area (Å²) in [4.78, 5) is 11.0. The van der Waals surface area contributed by atoms with E-state index in [-0.39, 0.29) is 5.56 Å². The summed E-state index contributed by atoms with van der Waals surface area (Å²) in [6, 6.07) is 7.20. The minimum atomic E-state index is -0.960. The largest absolute Gasteiger partial charge is 0.491 e. The lowest BCUT2D eigenvalue weighted by Crippen LogP contribution is -2.31. The monoisotopic (exact) mass is 251 g/mol. The molecule has 0 spiro atoms. The van der Waals surface area contributed by atoms with Crippen LogP contribution in [0.25, 0.3) is 0 Å². The molecule has 0 aromatic heterocycles. The SMILES string of the molecule is CCC(CC)NCCOc1ccccc1C(=O)O. The Balaban J connectivity index is 2.42. The van der Waals surface area contributed by atoms with Gasteiger partial charge in [0, 0.05) is 12.6 Å². The molecule has 1 rings (SSSR count). The molecular formula is C14H21NO3. The highest BCUT2D eigenvalue weighted by atomic mass is 16.5. The zero-order chi connectivity index (χ0) is 13.4. The van der Waals surface area contributed by atoms with Gasteiger partial charge < -0.3 is 15.2 Å². The Kier molecular flexibility index (Phi) is 6.22. The summed E-state index contributed by atoms with van der Waals surface area (Å²) >= 11 is 0. The molecule has 18 heavy (non-hydrogen) atoms. The molecule has 0 heterocycles. The molecule has 1 aromatic carbocycles. The first-order valence-electron chi connectivity index (χ1n) is 6.37. The van der Waals surface area contributed by atoms with Crippen molar-refractivity contribution in [1.29, 1.82) is 0 Å². The van der Waals surface area contributed by atoms with Gasteiger partial charge in [0.2, 0.25) is 0 Å². The van der Waals surface area contributed by atoms with Crippen molar-refractivity contribution in [2.24, 2.45) is 0 Å². The summed E-state index contributed by atoms with van der Waals surface area (Å²) in [6.45, 7) is 5.48. The molecule has 0 unspecified atom stereocenters. The van der Waals surface area contributed by atoms with Gasteiger partial charge in [0.25, 0.3) is 0 Å². The highest BCUT2D eigenvalue weighted by Crippen LogP contribution is 2.17. The van der Waals surface area contributed by atoms with E-state index >= 15 is 0 Å². The van der Waals surface area contributed by atoms with E-state index in [9.17, 15) is 4.79 Å². The number of nitrogens with one attached hydrogen (secondary N) is 1. The molecule has 0 aliphatic heterocycles. The van der Waals surface area contributed by atoms with Crippen LogP contribution in [0.5, 0.6) is 5.75 Å². The number of aromatic carboxylic acids is 1. The van der Waals surface area contributed by atoms with Gasteiger partial charge in [-0.05, 0) is 25.0 Å². The van der Waals surface area contributed by atoms with Crippen LogP contribution in [0, 0.1) is 0 Å². The molecule has 0 amide bonds. The van der Waals surface area contributed by atoms with Gasteiger partial charge in [-0.2, -0.15) is 0 Å². The zero-order valence-corrected chi connectivity index (χ0v) is 11.0. The fourth-order valence-electron chi connectivity index (χ4n) is 1.77. The molecule has 0 bridgehead atoms. The molecule has 100 valence electrons. The lowest BCUT2D eigenvalue weighted by atomic mass is 10.2. The lowest BCUT2D eigenvalue weighted by molar-refractivity contribution is 0.0692. The van der Waals surface area contributed by atoms with Crippen LogP contribution in [-0.4, -0.2) is 30.3 Å². The van der Waals surface area contributed by atoms with Crippen LogP contribution in [0.4, 0.5) is 0 Å². The molecule has 4 heteroatoms. The number of benzene rings is 1. The number of para-hydroxylation sites is 1. The molecule has 0 aliphatic rings. The minimum Gasteiger partial charge on any atom is -0.491 e. The van der Waals surface area contributed by atoms with Crippen molar-refractivity contribution in [2.45, 2.75) is 32.7 Å². The fraction of sp³-hybridized carbons (Fsp3) is 0.500. The topological polar surface area (TPSA) is 58.6 Å². The predicted molar refractivity (Wildman–Crippen MR) is 71.3 cm³/mol. The summed E-state index contributed by atoms with van der Waals surface area (Å²) < 4.78 is 5.49. The van der Waals surface area contributed by atoms with E-state index < -0.39 is 5.97 Å². The molecule has 4 nitrogen and oxygen atoms in total.